The van der Waals surface area contributed by atoms with E-state index in [1.165, 1.54) is 5.56 Å². The van der Waals surface area contributed by atoms with E-state index in [0.29, 0.717) is 29.9 Å². The second kappa shape index (κ2) is 8.38. The molecular weight excluding hydrogens is 416 g/mol. The number of pyridine rings is 1. The zero-order valence-corrected chi connectivity index (χ0v) is 19.5. The summed E-state index contributed by atoms with van der Waals surface area (Å²) in [6, 6.07) is 10.7. The molecule has 2 aromatic rings. The summed E-state index contributed by atoms with van der Waals surface area (Å²) >= 11 is 0. The van der Waals surface area contributed by atoms with Crippen LogP contribution in [0, 0.1) is 5.41 Å². The maximum atomic E-state index is 13.0. The van der Waals surface area contributed by atoms with Crippen molar-refractivity contribution in [1.29, 1.82) is 0 Å². The predicted molar refractivity (Wildman–Crippen MR) is 128 cm³/mol. The first kappa shape index (κ1) is 22.3. The minimum atomic E-state index is -0.336. The summed E-state index contributed by atoms with van der Waals surface area (Å²) in [6.45, 7) is 8.29. The number of nitrogens with two attached hydrogens (primary N) is 1. The van der Waals surface area contributed by atoms with Gasteiger partial charge in [0.1, 0.15) is 5.82 Å². The number of aliphatic hydroxyl groups is 1. The van der Waals surface area contributed by atoms with Crippen molar-refractivity contribution in [1.82, 2.24) is 15.2 Å². The molecule has 1 aliphatic carbocycles. The maximum absolute atomic E-state index is 13.0. The zero-order valence-electron chi connectivity index (χ0n) is 19.5. The van der Waals surface area contributed by atoms with Crippen molar-refractivity contribution in [2.24, 2.45) is 5.41 Å². The normalized spacial score (nSPS) is 27.4. The molecule has 7 nitrogen and oxygen atoms in total. The van der Waals surface area contributed by atoms with E-state index in [0.717, 1.165) is 50.3 Å². The molecule has 1 saturated carbocycles. The molecule has 7 heteroatoms. The van der Waals surface area contributed by atoms with Crippen LogP contribution in [-0.4, -0.2) is 58.8 Å². The van der Waals surface area contributed by atoms with Gasteiger partial charge >= 0.3 is 0 Å². The Morgan fingerprint density at radius 1 is 1.21 bits per heavy atom. The van der Waals surface area contributed by atoms with Gasteiger partial charge in [-0.25, -0.2) is 4.98 Å². The number of nitrogen functional groups attached to an aromatic ring is 1. The minimum absolute atomic E-state index is 0.210. The van der Waals surface area contributed by atoms with E-state index in [-0.39, 0.29) is 23.4 Å². The van der Waals surface area contributed by atoms with E-state index >= 15 is 0 Å². The lowest BCUT2D eigenvalue weighted by molar-refractivity contribution is -0.197. The van der Waals surface area contributed by atoms with Crippen LogP contribution in [0.1, 0.15) is 61.5 Å². The molecule has 0 radical (unpaired) electrons. The van der Waals surface area contributed by atoms with Gasteiger partial charge in [-0.2, -0.15) is 0 Å². The molecule has 33 heavy (non-hydrogen) atoms. The molecule has 5 rings (SSSR count). The summed E-state index contributed by atoms with van der Waals surface area (Å²) in [4.78, 5) is 19.8. The molecule has 1 aromatic heterocycles. The first-order chi connectivity index (χ1) is 15.8. The monoisotopic (exact) mass is 450 g/mol. The Bertz CT molecular complexity index is 1020. The van der Waals surface area contributed by atoms with Crippen LogP contribution in [0.5, 0.6) is 0 Å². The Balaban J connectivity index is 1.28. The molecule has 3 fully saturated rings. The summed E-state index contributed by atoms with van der Waals surface area (Å²) in [7, 11) is 0. The summed E-state index contributed by atoms with van der Waals surface area (Å²) in [5.41, 5.74) is 9.69. The number of rotatable bonds is 5. The first-order valence-electron chi connectivity index (χ1n) is 11.9. The van der Waals surface area contributed by atoms with Gasteiger partial charge in [0.2, 0.25) is 0 Å². The minimum Gasteiger partial charge on any atom is -0.393 e. The SMILES string of the molecule is CC(c1ccc(-c2cnc(N)c(C(=O)NC3(C)CCC(O)CC3)c2)cc1)N1CC2(COC2)C1. The van der Waals surface area contributed by atoms with Crippen molar-refractivity contribution < 1.29 is 14.6 Å². The molecule has 2 saturated heterocycles. The number of carbonyl (C=O) groups is 1. The lowest BCUT2D eigenvalue weighted by Gasteiger charge is -2.57. The molecule has 176 valence electrons. The van der Waals surface area contributed by atoms with Crippen molar-refractivity contribution in [2.45, 2.75) is 57.2 Å². The Labute approximate surface area is 195 Å². The van der Waals surface area contributed by atoms with Gasteiger partial charge < -0.3 is 20.9 Å². The molecule has 1 aromatic carbocycles. The van der Waals surface area contributed by atoms with Crippen LogP contribution in [0.3, 0.4) is 0 Å². The summed E-state index contributed by atoms with van der Waals surface area (Å²) in [5, 5.41) is 12.9. The highest BCUT2D eigenvalue weighted by atomic mass is 16.5. The fourth-order valence-corrected chi connectivity index (χ4v) is 5.35. The number of anilines is 1. The fourth-order valence-electron chi connectivity index (χ4n) is 5.35. The average molecular weight is 451 g/mol. The molecule has 4 N–H and O–H groups in total. The molecule has 0 bridgehead atoms. The molecule has 1 atom stereocenters. The standard InChI is InChI=1S/C26H34N4O3/c1-17(30-13-26(14-30)15-33-16-26)18-3-5-19(6-4-18)20-11-22(23(27)28-12-20)24(32)29-25(2)9-7-21(31)8-10-25/h3-6,11-12,17,21,31H,7-10,13-16H2,1-2H3,(H2,27,28)(H,29,32). The van der Waals surface area contributed by atoms with Gasteiger partial charge in [-0.15, -0.1) is 0 Å². The van der Waals surface area contributed by atoms with Crippen LogP contribution in [0.2, 0.25) is 0 Å². The Kier molecular flexibility index (Phi) is 5.67. The molecule has 3 heterocycles. The van der Waals surface area contributed by atoms with Crippen LogP contribution >= 0.6 is 0 Å². The summed E-state index contributed by atoms with van der Waals surface area (Å²) in [5.74, 6) is 0.0188. The van der Waals surface area contributed by atoms with Crippen molar-refractivity contribution in [2.75, 3.05) is 32.0 Å². The number of nitrogens with zero attached hydrogens (tertiary/aromatic N) is 2. The topological polar surface area (TPSA) is 101 Å². The van der Waals surface area contributed by atoms with Crippen molar-refractivity contribution >= 4 is 11.7 Å². The Morgan fingerprint density at radius 3 is 2.48 bits per heavy atom. The van der Waals surface area contributed by atoms with Crippen LogP contribution in [0.25, 0.3) is 11.1 Å². The molecule has 1 unspecified atom stereocenters. The largest absolute Gasteiger partial charge is 0.393 e. The number of aromatic nitrogens is 1. The van der Waals surface area contributed by atoms with Gasteiger partial charge in [0.05, 0.1) is 24.9 Å². The molecule has 3 aliphatic rings. The third-order valence-electron chi connectivity index (χ3n) is 7.80. The van der Waals surface area contributed by atoms with Crippen LogP contribution in [-0.2, 0) is 4.74 Å². The summed E-state index contributed by atoms with van der Waals surface area (Å²) in [6.07, 6.45) is 4.34. The quantitative estimate of drug-likeness (QED) is 0.647. The average Bonchev–Trinajstić information content (AvgIpc) is 2.74. The number of likely N-dealkylation sites (tertiary alicyclic amines) is 1. The molecule has 1 amide bonds. The van der Waals surface area contributed by atoms with E-state index in [9.17, 15) is 9.90 Å². The fraction of sp³-hybridized carbons (Fsp3) is 0.538. The second-order valence-corrected chi connectivity index (χ2v) is 10.6. The van der Waals surface area contributed by atoms with Crippen LogP contribution in [0.15, 0.2) is 36.5 Å². The number of ether oxygens (including phenoxy) is 1. The number of hydrogen-bond acceptors (Lipinski definition) is 6. The number of benzene rings is 1. The third kappa shape index (κ3) is 4.37. The van der Waals surface area contributed by atoms with Gasteiger partial charge in [0.15, 0.2) is 0 Å². The second-order valence-electron chi connectivity index (χ2n) is 10.6. The molecular formula is C26H34N4O3. The van der Waals surface area contributed by atoms with Crippen molar-refractivity contribution in [3.63, 3.8) is 0 Å². The third-order valence-corrected chi connectivity index (χ3v) is 7.80. The van der Waals surface area contributed by atoms with E-state index in [1.54, 1.807) is 6.20 Å². The van der Waals surface area contributed by atoms with Crippen LogP contribution < -0.4 is 11.1 Å². The van der Waals surface area contributed by atoms with Gasteiger partial charge in [-0.3, -0.25) is 9.69 Å². The van der Waals surface area contributed by atoms with E-state index in [2.05, 4.69) is 46.4 Å². The highest BCUT2D eigenvalue weighted by Crippen LogP contribution is 2.42. The number of aliphatic hydroxyl groups excluding tert-OH is 1. The predicted octanol–water partition coefficient (Wildman–Crippen LogP) is 3.15. The maximum Gasteiger partial charge on any atom is 0.255 e. The Hall–Kier alpha value is -2.48. The van der Waals surface area contributed by atoms with Crippen molar-refractivity contribution in [3.05, 3.63) is 47.7 Å². The number of carbonyl (C=O) groups excluding carboxylic acids is 1. The van der Waals surface area contributed by atoms with E-state index in [1.807, 2.05) is 13.0 Å². The van der Waals surface area contributed by atoms with Gasteiger partial charge in [0.25, 0.3) is 5.91 Å². The highest BCUT2D eigenvalue weighted by Gasteiger charge is 2.50. The zero-order chi connectivity index (χ0) is 23.2. The number of nitrogens with one attached hydrogen (secondary N) is 1. The Morgan fingerprint density at radius 2 is 1.88 bits per heavy atom. The van der Waals surface area contributed by atoms with E-state index in [4.69, 9.17) is 10.5 Å². The van der Waals surface area contributed by atoms with Gasteiger partial charge in [0, 0.05) is 41.8 Å². The smallest absolute Gasteiger partial charge is 0.255 e. The lowest BCUT2D eigenvalue weighted by atomic mass is 9.76. The van der Waals surface area contributed by atoms with Gasteiger partial charge in [-0.05, 0) is 56.7 Å². The highest BCUT2D eigenvalue weighted by molar-refractivity contribution is 5.99. The van der Waals surface area contributed by atoms with E-state index < -0.39 is 0 Å². The molecule has 1 spiro atoms. The lowest BCUT2D eigenvalue weighted by Crippen LogP contribution is -2.66. The molecule has 2 aliphatic heterocycles. The van der Waals surface area contributed by atoms with Crippen LogP contribution in [0.4, 0.5) is 5.82 Å². The number of hydrogen-bond donors (Lipinski definition) is 3. The first-order valence-corrected chi connectivity index (χ1v) is 11.9. The van der Waals surface area contributed by atoms with Crippen molar-refractivity contribution in [3.8, 4) is 11.1 Å². The summed E-state index contributed by atoms with van der Waals surface area (Å²) < 4.78 is 5.39. The number of amides is 1. The van der Waals surface area contributed by atoms with Gasteiger partial charge in [-0.1, -0.05) is 24.3 Å².